The molecule has 0 bridgehead atoms. The van der Waals surface area contributed by atoms with Crippen LogP contribution in [-0.4, -0.2) is 35.6 Å². The molecule has 4 heteroatoms. The Labute approximate surface area is 192 Å². The first-order valence-electron chi connectivity index (χ1n) is 11.3. The highest BCUT2D eigenvalue weighted by molar-refractivity contribution is 6.30. The SMILES string of the molecule is CCN(CC)CCCC(C)Nc1cc(/C=C/c2ccc(Cl)cc2)nc2ccc(C)cc12. The molecule has 2 aromatic carbocycles. The second kappa shape index (κ2) is 11.3. The number of benzene rings is 2. The van der Waals surface area contributed by atoms with E-state index in [0.717, 1.165) is 53.5 Å². The number of halogens is 1. The van der Waals surface area contributed by atoms with Crippen LogP contribution < -0.4 is 5.32 Å². The molecule has 1 heterocycles. The van der Waals surface area contributed by atoms with Crippen molar-refractivity contribution >= 4 is 40.3 Å². The topological polar surface area (TPSA) is 28.2 Å². The molecule has 0 fully saturated rings. The molecule has 3 aromatic rings. The molecule has 0 aliphatic rings. The molecular weight excluding hydrogens is 402 g/mol. The van der Waals surface area contributed by atoms with Gasteiger partial charge >= 0.3 is 0 Å². The van der Waals surface area contributed by atoms with Crippen LogP contribution in [0.25, 0.3) is 23.1 Å². The van der Waals surface area contributed by atoms with Crippen LogP contribution in [0.4, 0.5) is 5.69 Å². The van der Waals surface area contributed by atoms with Crippen LogP contribution in [-0.2, 0) is 0 Å². The zero-order chi connectivity index (χ0) is 22.2. The van der Waals surface area contributed by atoms with Gasteiger partial charge in [0.25, 0.3) is 0 Å². The average Bonchev–Trinajstić information content (AvgIpc) is 2.77. The van der Waals surface area contributed by atoms with Gasteiger partial charge in [0.1, 0.15) is 0 Å². The van der Waals surface area contributed by atoms with Crippen LogP contribution in [0.3, 0.4) is 0 Å². The average molecular weight is 436 g/mol. The van der Waals surface area contributed by atoms with E-state index in [9.17, 15) is 0 Å². The maximum Gasteiger partial charge on any atom is 0.0730 e. The van der Waals surface area contributed by atoms with Gasteiger partial charge in [-0.3, -0.25) is 0 Å². The number of hydrogen-bond donors (Lipinski definition) is 1. The largest absolute Gasteiger partial charge is 0.382 e. The Morgan fingerprint density at radius 2 is 1.77 bits per heavy atom. The summed E-state index contributed by atoms with van der Waals surface area (Å²) in [6.07, 6.45) is 6.48. The van der Waals surface area contributed by atoms with Gasteiger partial charge in [-0.1, -0.05) is 55.3 Å². The van der Waals surface area contributed by atoms with E-state index in [1.807, 2.05) is 24.3 Å². The number of nitrogens with one attached hydrogen (secondary N) is 1. The molecule has 0 saturated heterocycles. The highest BCUT2D eigenvalue weighted by atomic mass is 35.5. The Bertz CT molecular complexity index is 1010. The first-order valence-corrected chi connectivity index (χ1v) is 11.7. The first kappa shape index (κ1) is 23.3. The molecule has 0 aliphatic carbocycles. The van der Waals surface area contributed by atoms with Crippen molar-refractivity contribution in [3.8, 4) is 0 Å². The molecule has 164 valence electrons. The summed E-state index contributed by atoms with van der Waals surface area (Å²) in [6, 6.07) is 16.9. The summed E-state index contributed by atoms with van der Waals surface area (Å²) in [5.74, 6) is 0. The molecule has 31 heavy (non-hydrogen) atoms. The normalized spacial score (nSPS) is 12.7. The van der Waals surface area contributed by atoms with Gasteiger partial charge in [0.05, 0.1) is 11.2 Å². The van der Waals surface area contributed by atoms with Gasteiger partial charge in [0.15, 0.2) is 0 Å². The van der Waals surface area contributed by atoms with Gasteiger partial charge in [0.2, 0.25) is 0 Å². The molecule has 1 aromatic heterocycles. The van der Waals surface area contributed by atoms with Gasteiger partial charge in [-0.2, -0.15) is 0 Å². The van der Waals surface area contributed by atoms with E-state index in [1.54, 1.807) is 0 Å². The zero-order valence-electron chi connectivity index (χ0n) is 19.2. The molecule has 1 atom stereocenters. The minimum absolute atomic E-state index is 0.398. The maximum atomic E-state index is 6.00. The zero-order valence-corrected chi connectivity index (χ0v) is 19.9. The molecule has 1 unspecified atom stereocenters. The number of aromatic nitrogens is 1. The van der Waals surface area contributed by atoms with Gasteiger partial charge in [-0.15, -0.1) is 0 Å². The van der Waals surface area contributed by atoms with E-state index >= 15 is 0 Å². The monoisotopic (exact) mass is 435 g/mol. The minimum Gasteiger partial charge on any atom is -0.382 e. The number of pyridine rings is 1. The fourth-order valence-electron chi connectivity index (χ4n) is 3.82. The lowest BCUT2D eigenvalue weighted by molar-refractivity contribution is 0.295. The number of hydrogen-bond acceptors (Lipinski definition) is 3. The third-order valence-corrected chi connectivity index (χ3v) is 5.96. The van der Waals surface area contributed by atoms with Crippen LogP contribution in [0, 0.1) is 6.92 Å². The number of nitrogens with zero attached hydrogens (tertiary/aromatic N) is 2. The van der Waals surface area contributed by atoms with Crippen molar-refractivity contribution in [3.05, 3.63) is 70.4 Å². The summed E-state index contributed by atoms with van der Waals surface area (Å²) in [7, 11) is 0. The smallest absolute Gasteiger partial charge is 0.0730 e. The molecule has 1 N–H and O–H groups in total. The highest BCUT2D eigenvalue weighted by Gasteiger charge is 2.09. The first-order chi connectivity index (χ1) is 15.0. The third kappa shape index (κ3) is 6.81. The number of aryl methyl sites for hydroxylation is 1. The second-order valence-corrected chi connectivity index (χ2v) is 8.65. The van der Waals surface area contributed by atoms with Crippen LogP contribution >= 0.6 is 11.6 Å². The number of anilines is 1. The Morgan fingerprint density at radius 3 is 2.48 bits per heavy atom. The fraction of sp³-hybridized carbons (Fsp3) is 0.370. The van der Waals surface area contributed by atoms with Crippen LogP contribution in [0.5, 0.6) is 0 Å². The standard InChI is InChI=1S/C27H34ClN3/c1-5-31(6-2)17-7-8-21(4)29-27-19-24(15-12-22-10-13-23(28)14-11-22)30-26-16-9-20(3)18-25(26)27/h9-16,18-19,21H,5-8,17H2,1-4H3,(H,29,30)/b15-12+. The summed E-state index contributed by atoms with van der Waals surface area (Å²) < 4.78 is 0. The van der Waals surface area contributed by atoms with E-state index in [2.05, 4.69) is 74.3 Å². The van der Waals surface area contributed by atoms with E-state index in [-0.39, 0.29) is 0 Å². The van der Waals surface area contributed by atoms with E-state index < -0.39 is 0 Å². The molecule has 0 radical (unpaired) electrons. The van der Waals surface area contributed by atoms with Gasteiger partial charge in [-0.25, -0.2) is 4.98 Å². The Hall–Kier alpha value is -2.36. The van der Waals surface area contributed by atoms with Crippen molar-refractivity contribution in [2.75, 3.05) is 25.0 Å². The van der Waals surface area contributed by atoms with E-state index in [4.69, 9.17) is 16.6 Å². The van der Waals surface area contributed by atoms with Crippen molar-refractivity contribution < 1.29 is 0 Å². The van der Waals surface area contributed by atoms with Gasteiger partial charge in [0, 0.05) is 22.1 Å². The predicted molar refractivity (Wildman–Crippen MR) is 137 cm³/mol. The van der Waals surface area contributed by atoms with E-state index in [1.165, 1.54) is 17.4 Å². The quantitative estimate of drug-likeness (QED) is 0.362. The maximum absolute atomic E-state index is 6.00. The summed E-state index contributed by atoms with van der Waals surface area (Å²) >= 11 is 6.00. The number of rotatable bonds is 10. The summed E-state index contributed by atoms with van der Waals surface area (Å²) in [5, 5.41) is 5.69. The van der Waals surface area contributed by atoms with Crippen LogP contribution in [0.1, 0.15) is 50.4 Å². The summed E-state index contributed by atoms with van der Waals surface area (Å²) in [5.41, 5.74) is 5.47. The predicted octanol–water partition coefficient (Wildman–Crippen LogP) is 7.29. The van der Waals surface area contributed by atoms with Crippen molar-refractivity contribution in [3.63, 3.8) is 0 Å². The molecule has 0 amide bonds. The van der Waals surface area contributed by atoms with Crippen molar-refractivity contribution in [2.24, 2.45) is 0 Å². The molecule has 0 saturated carbocycles. The fourth-order valence-corrected chi connectivity index (χ4v) is 3.94. The molecule has 0 spiro atoms. The van der Waals surface area contributed by atoms with Crippen molar-refractivity contribution in [2.45, 2.75) is 46.6 Å². The third-order valence-electron chi connectivity index (χ3n) is 5.71. The van der Waals surface area contributed by atoms with Gasteiger partial charge < -0.3 is 10.2 Å². The number of fused-ring (bicyclic) bond motifs is 1. The van der Waals surface area contributed by atoms with Crippen LogP contribution in [0.15, 0.2) is 48.5 Å². The minimum atomic E-state index is 0.398. The van der Waals surface area contributed by atoms with Gasteiger partial charge in [-0.05, 0) is 88.3 Å². The van der Waals surface area contributed by atoms with Crippen LogP contribution in [0.2, 0.25) is 5.02 Å². The van der Waals surface area contributed by atoms with Crippen molar-refractivity contribution in [1.29, 1.82) is 0 Å². The lowest BCUT2D eigenvalue weighted by Gasteiger charge is -2.21. The second-order valence-electron chi connectivity index (χ2n) is 8.21. The molecule has 3 nitrogen and oxygen atoms in total. The Morgan fingerprint density at radius 1 is 1.03 bits per heavy atom. The van der Waals surface area contributed by atoms with Crippen molar-refractivity contribution in [1.82, 2.24) is 9.88 Å². The summed E-state index contributed by atoms with van der Waals surface area (Å²) in [6.45, 7) is 12.3. The highest BCUT2D eigenvalue weighted by Crippen LogP contribution is 2.26. The summed E-state index contributed by atoms with van der Waals surface area (Å²) in [4.78, 5) is 7.35. The molecular formula is C27H34ClN3. The Balaban J connectivity index is 1.79. The molecule has 0 aliphatic heterocycles. The lowest BCUT2D eigenvalue weighted by atomic mass is 10.1. The molecule has 3 rings (SSSR count). The van der Waals surface area contributed by atoms with E-state index in [0.29, 0.717) is 6.04 Å². The Kier molecular flexibility index (Phi) is 8.51. The lowest BCUT2D eigenvalue weighted by Crippen LogP contribution is -2.25.